The van der Waals surface area contributed by atoms with Crippen molar-refractivity contribution in [3.05, 3.63) is 17.5 Å². The van der Waals surface area contributed by atoms with Crippen LogP contribution in [0.15, 0.2) is 17.5 Å². The number of hydrogen-bond acceptors (Lipinski definition) is 3. The lowest BCUT2D eigenvalue weighted by Gasteiger charge is -2.20. The Morgan fingerprint density at radius 1 is 1.60 bits per heavy atom. The molecule has 0 aromatic carbocycles. The molecule has 0 N–H and O–H groups in total. The third kappa shape index (κ3) is 2.57. The van der Waals surface area contributed by atoms with Gasteiger partial charge in [0.05, 0.1) is 11.1 Å². The number of carbonyl (C=O) groups excluding carboxylic acids is 1. The Balaban J connectivity index is 2.81. The summed E-state index contributed by atoms with van der Waals surface area (Å²) in [6, 6.07) is 5.82. The van der Waals surface area contributed by atoms with Gasteiger partial charge < -0.3 is 4.90 Å². The minimum Gasteiger partial charge on any atom is -0.306 e. The third-order valence-corrected chi connectivity index (χ3v) is 3.18. The van der Waals surface area contributed by atoms with Crippen molar-refractivity contribution in [2.24, 2.45) is 11.8 Å². The summed E-state index contributed by atoms with van der Waals surface area (Å²) in [5.41, 5.74) is 0. The van der Waals surface area contributed by atoms with Crippen LogP contribution in [-0.2, 0) is 4.79 Å². The molecule has 0 saturated carbocycles. The lowest BCUT2D eigenvalue weighted by molar-refractivity contribution is -0.121. The summed E-state index contributed by atoms with van der Waals surface area (Å²) in [6.45, 7) is 3.77. The summed E-state index contributed by atoms with van der Waals surface area (Å²) < 4.78 is 0. The van der Waals surface area contributed by atoms with Crippen molar-refractivity contribution >= 4 is 22.2 Å². The zero-order valence-electron chi connectivity index (χ0n) is 9.10. The van der Waals surface area contributed by atoms with E-state index in [1.165, 1.54) is 11.3 Å². The highest BCUT2D eigenvalue weighted by Crippen LogP contribution is 2.23. The number of nitrogens with zero attached hydrogens (tertiary/aromatic N) is 2. The van der Waals surface area contributed by atoms with Gasteiger partial charge in [0.15, 0.2) is 0 Å². The van der Waals surface area contributed by atoms with E-state index in [4.69, 9.17) is 5.26 Å². The minimum atomic E-state index is -0.558. The molecule has 0 aliphatic carbocycles. The monoisotopic (exact) mass is 222 g/mol. The Labute approximate surface area is 93.9 Å². The topological polar surface area (TPSA) is 44.1 Å². The van der Waals surface area contributed by atoms with Crippen molar-refractivity contribution in [1.82, 2.24) is 0 Å². The highest BCUT2D eigenvalue weighted by atomic mass is 32.1. The quantitative estimate of drug-likeness (QED) is 0.788. The van der Waals surface area contributed by atoms with Gasteiger partial charge in [0, 0.05) is 7.05 Å². The average molecular weight is 222 g/mol. The molecule has 0 bridgehead atoms. The first-order chi connectivity index (χ1) is 7.07. The van der Waals surface area contributed by atoms with Gasteiger partial charge in [-0.3, -0.25) is 4.79 Å². The molecule has 0 aliphatic heterocycles. The molecule has 1 amide bonds. The van der Waals surface area contributed by atoms with Crippen molar-refractivity contribution in [3.8, 4) is 6.07 Å². The molecule has 1 unspecified atom stereocenters. The second-order valence-corrected chi connectivity index (χ2v) is 4.63. The molecule has 4 heteroatoms. The van der Waals surface area contributed by atoms with Gasteiger partial charge in [-0.05, 0) is 23.4 Å². The van der Waals surface area contributed by atoms with E-state index in [9.17, 15) is 4.79 Å². The summed E-state index contributed by atoms with van der Waals surface area (Å²) in [5.74, 6) is -0.642. The molecule has 1 atom stereocenters. The second kappa shape index (κ2) is 4.94. The van der Waals surface area contributed by atoms with Crippen molar-refractivity contribution in [2.45, 2.75) is 13.8 Å². The summed E-state index contributed by atoms with van der Waals surface area (Å²) in [7, 11) is 1.71. The van der Waals surface area contributed by atoms with Crippen LogP contribution in [0.2, 0.25) is 0 Å². The predicted octanol–water partition coefficient (Wildman–Crippen LogP) is 2.51. The van der Waals surface area contributed by atoms with Crippen LogP contribution in [0.25, 0.3) is 0 Å². The van der Waals surface area contributed by atoms with Gasteiger partial charge in [-0.25, -0.2) is 0 Å². The number of anilines is 1. The fourth-order valence-electron chi connectivity index (χ4n) is 1.27. The van der Waals surface area contributed by atoms with Crippen molar-refractivity contribution < 1.29 is 4.79 Å². The van der Waals surface area contributed by atoms with Crippen molar-refractivity contribution in [1.29, 1.82) is 5.26 Å². The maximum absolute atomic E-state index is 11.9. The Bertz CT molecular complexity index is 364. The molecule has 0 radical (unpaired) electrons. The molecule has 1 aromatic heterocycles. The van der Waals surface area contributed by atoms with Crippen LogP contribution in [0.1, 0.15) is 13.8 Å². The molecular formula is C11H14N2OS. The normalized spacial score (nSPS) is 12.2. The van der Waals surface area contributed by atoms with Gasteiger partial charge in [0.2, 0.25) is 5.91 Å². The largest absolute Gasteiger partial charge is 0.306 e. The van der Waals surface area contributed by atoms with E-state index in [1.54, 1.807) is 11.9 Å². The van der Waals surface area contributed by atoms with E-state index < -0.39 is 5.92 Å². The summed E-state index contributed by atoms with van der Waals surface area (Å²) in [6.07, 6.45) is 0. The van der Waals surface area contributed by atoms with Gasteiger partial charge in [0.25, 0.3) is 0 Å². The van der Waals surface area contributed by atoms with E-state index in [1.807, 2.05) is 31.4 Å². The second-order valence-electron chi connectivity index (χ2n) is 3.70. The van der Waals surface area contributed by atoms with Crippen LogP contribution in [0, 0.1) is 23.2 Å². The molecule has 1 rings (SSSR count). The van der Waals surface area contributed by atoms with E-state index in [2.05, 4.69) is 6.07 Å². The molecule has 1 heterocycles. The maximum atomic E-state index is 11.9. The van der Waals surface area contributed by atoms with Gasteiger partial charge in [-0.2, -0.15) is 5.26 Å². The maximum Gasteiger partial charge on any atom is 0.244 e. The Kier molecular flexibility index (Phi) is 3.87. The Morgan fingerprint density at radius 3 is 2.67 bits per heavy atom. The molecule has 0 saturated heterocycles. The smallest absolute Gasteiger partial charge is 0.244 e. The predicted molar refractivity (Wildman–Crippen MR) is 61.7 cm³/mol. The lowest BCUT2D eigenvalue weighted by Crippen LogP contribution is -2.34. The molecule has 0 fully saturated rings. The van der Waals surface area contributed by atoms with Crippen LogP contribution < -0.4 is 4.90 Å². The van der Waals surface area contributed by atoms with Gasteiger partial charge in [-0.1, -0.05) is 13.8 Å². The minimum absolute atomic E-state index is 0.0462. The van der Waals surface area contributed by atoms with E-state index in [0.29, 0.717) is 0 Å². The summed E-state index contributed by atoms with van der Waals surface area (Å²) >= 11 is 1.49. The fourth-order valence-corrected chi connectivity index (χ4v) is 1.97. The molecule has 1 aromatic rings. The summed E-state index contributed by atoms with van der Waals surface area (Å²) in [4.78, 5) is 13.5. The number of thiophene rings is 1. The van der Waals surface area contributed by atoms with Gasteiger partial charge in [-0.15, -0.1) is 11.3 Å². The first-order valence-electron chi connectivity index (χ1n) is 4.78. The highest BCUT2D eigenvalue weighted by molar-refractivity contribution is 7.14. The number of nitriles is 1. The summed E-state index contributed by atoms with van der Waals surface area (Å²) in [5, 5.41) is 11.7. The van der Waals surface area contributed by atoms with Gasteiger partial charge in [0.1, 0.15) is 5.92 Å². The molecule has 15 heavy (non-hydrogen) atoms. The average Bonchev–Trinajstić information content (AvgIpc) is 2.69. The first-order valence-corrected chi connectivity index (χ1v) is 5.66. The molecular weight excluding hydrogens is 208 g/mol. The van der Waals surface area contributed by atoms with E-state index in [0.717, 1.165) is 5.00 Å². The van der Waals surface area contributed by atoms with E-state index >= 15 is 0 Å². The Morgan fingerprint density at radius 2 is 2.27 bits per heavy atom. The third-order valence-electron chi connectivity index (χ3n) is 2.24. The van der Waals surface area contributed by atoms with Gasteiger partial charge >= 0.3 is 0 Å². The lowest BCUT2D eigenvalue weighted by atomic mass is 9.96. The van der Waals surface area contributed by atoms with Crippen LogP contribution in [0.3, 0.4) is 0 Å². The molecule has 80 valence electrons. The molecule has 0 aliphatic rings. The number of rotatable bonds is 3. The SMILES string of the molecule is CC(C)C(C#N)C(=O)N(C)c1cccs1. The number of amides is 1. The standard InChI is InChI=1S/C11H14N2OS/c1-8(2)9(7-12)11(14)13(3)10-5-4-6-15-10/h4-6,8-9H,1-3H3. The zero-order chi connectivity index (χ0) is 11.4. The van der Waals surface area contributed by atoms with Crippen LogP contribution in [0.5, 0.6) is 0 Å². The van der Waals surface area contributed by atoms with Crippen molar-refractivity contribution in [2.75, 3.05) is 11.9 Å². The van der Waals surface area contributed by atoms with Crippen molar-refractivity contribution in [3.63, 3.8) is 0 Å². The van der Waals surface area contributed by atoms with E-state index in [-0.39, 0.29) is 11.8 Å². The van der Waals surface area contributed by atoms with Crippen LogP contribution >= 0.6 is 11.3 Å². The number of carbonyl (C=O) groups is 1. The zero-order valence-corrected chi connectivity index (χ0v) is 9.91. The Hall–Kier alpha value is -1.34. The van der Waals surface area contributed by atoms with Crippen LogP contribution in [-0.4, -0.2) is 13.0 Å². The molecule has 3 nitrogen and oxygen atoms in total. The van der Waals surface area contributed by atoms with Crippen LogP contribution in [0.4, 0.5) is 5.00 Å². The highest BCUT2D eigenvalue weighted by Gasteiger charge is 2.25. The fraction of sp³-hybridized carbons (Fsp3) is 0.455. The molecule has 0 spiro atoms. The number of hydrogen-bond donors (Lipinski definition) is 0. The first kappa shape index (κ1) is 11.7.